The van der Waals surface area contributed by atoms with Gasteiger partial charge in [-0.15, -0.1) is 0 Å². The molecule has 0 bridgehead atoms. The highest BCUT2D eigenvalue weighted by atomic mass is 79.9. The molecule has 0 aliphatic carbocycles. The van der Waals surface area contributed by atoms with Crippen molar-refractivity contribution in [1.82, 2.24) is 4.98 Å². The number of hydrogen-bond acceptors (Lipinski definition) is 3. The minimum absolute atomic E-state index is 0.114. The van der Waals surface area contributed by atoms with E-state index in [0.717, 1.165) is 10.0 Å². The molecule has 0 unspecified atom stereocenters. The minimum atomic E-state index is -0.114. The molecule has 0 fully saturated rings. The second-order valence-corrected chi connectivity index (χ2v) is 5.05. The molecule has 5 heteroatoms. The Bertz CT molecular complexity index is 548. The number of benzene rings is 1. The molecule has 2 rings (SSSR count). The van der Waals surface area contributed by atoms with E-state index in [4.69, 9.17) is 16.3 Å². The van der Waals surface area contributed by atoms with Crippen LogP contribution in [0.3, 0.4) is 0 Å². The van der Waals surface area contributed by atoms with Crippen molar-refractivity contribution < 1.29 is 9.84 Å². The SMILES string of the molecule is OCc1cc(Br)cnc1OCc1cccc(Cl)c1. The molecule has 0 saturated heterocycles. The first-order valence-electron chi connectivity index (χ1n) is 5.31. The van der Waals surface area contributed by atoms with Crippen LogP contribution in [0.15, 0.2) is 41.0 Å². The van der Waals surface area contributed by atoms with Gasteiger partial charge in [-0.05, 0) is 39.7 Å². The van der Waals surface area contributed by atoms with Crippen molar-refractivity contribution in [1.29, 1.82) is 0 Å². The predicted octanol–water partition coefficient (Wildman–Crippen LogP) is 3.57. The summed E-state index contributed by atoms with van der Waals surface area (Å²) >= 11 is 9.18. The van der Waals surface area contributed by atoms with Crippen LogP contribution in [-0.4, -0.2) is 10.1 Å². The van der Waals surface area contributed by atoms with E-state index in [0.29, 0.717) is 23.1 Å². The number of aliphatic hydroxyl groups excluding tert-OH is 1. The van der Waals surface area contributed by atoms with Gasteiger partial charge in [0.1, 0.15) is 6.61 Å². The molecule has 2 aromatic rings. The normalized spacial score (nSPS) is 10.4. The fraction of sp³-hybridized carbons (Fsp3) is 0.154. The fourth-order valence-corrected chi connectivity index (χ4v) is 2.08. The van der Waals surface area contributed by atoms with Crippen LogP contribution in [0.4, 0.5) is 0 Å². The first-order chi connectivity index (χ1) is 8.69. The minimum Gasteiger partial charge on any atom is -0.473 e. The van der Waals surface area contributed by atoms with Crippen LogP contribution in [0.25, 0.3) is 0 Å². The highest BCUT2D eigenvalue weighted by molar-refractivity contribution is 9.10. The molecule has 0 radical (unpaired) electrons. The summed E-state index contributed by atoms with van der Waals surface area (Å²) in [5, 5.41) is 9.89. The number of ether oxygens (including phenoxy) is 1. The molecule has 0 spiro atoms. The van der Waals surface area contributed by atoms with Crippen molar-refractivity contribution in [3.63, 3.8) is 0 Å². The number of nitrogens with zero attached hydrogens (tertiary/aromatic N) is 1. The summed E-state index contributed by atoms with van der Waals surface area (Å²) in [6, 6.07) is 9.20. The standard InChI is InChI=1S/C13H11BrClNO2/c14-11-5-10(7-17)13(16-6-11)18-8-9-2-1-3-12(15)4-9/h1-6,17H,7-8H2. The summed E-state index contributed by atoms with van der Waals surface area (Å²) < 4.78 is 6.38. The number of pyridine rings is 1. The molecule has 0 aliphatic heterocycles. The van der Waals surface area contributed by atoms with E-state index in [9.17, 15) is 5.11 Å². The highest BCUT2D eigenvalue weighted by Gasteiger charge is 2.06. The Morgan fingerprint density at radius 3 is 2.89 bits per heavy atom. The number of aromatic nitrogens is 1. The van der Waals surface area contributed by atoms with E-state index >= 15 is 0 Å². The van der Waals surface area contributed by atoms with E-state index in [1.54, 1.807) is 12.3 Å². The van der Waals surface area contributed by atoms with Crippen molar-refractivity contribution in [3.05, 3.63) is 57.2 Å². The molecule has 1 aromatic carbocycles. The van der Waals surface area contributed by atoms with Crippen LogP contribution in [0, 0.1) is 0 Å². The molecule has 18 heavy (non-hydrogen) atoms. The first-order valence-corrected chi connectivity index (χ1v) is 6.48. The van der Waals surface area contributed by atoms with Gasteiger partial charge in [-0.2, -0.15) is 0 Å². The Kier molecular flexibility index (Phi) is 4.58. The zero-order chi connectivity index (χ0) is 13.0. The van der Waals surface area contributed by atoms with E-state index in [1.807, 2.05) is 24.3 Å². The lowest BCUT2D eigenvalue weighted by Gasteiger charge is -2.09. The smallest absolute Gasteiger partial charge is 0.219 e. The zero-order valence-corrected chi connectivity index (χ0v) is 11.8. The summed E-state index contributed by atoms with van der Waals surface area (Å²) in [5.41, 5.74) is 1.60. The van der Waals surface area contributed by atoms with E-state index in [-0.39, 0.29) is 6.61 Å². The van der Waals surface area contributed by atoms with E-state index < -0.39 is 0 Å². The Hall–Kier alpha value is -1.10. The molecule has 1 aromatic heterocycles. The maximum atomic E-state index is 9.22. The Labute approximate surface area is 119 Å². The predicted molar refractivity (Wildman–Crippen MR) is 73.6 cm³/mol. The topological polar surface area (TPSA) is 42.4 Å². The number of halogens is 2. The van der Waals surface area contributed by atoms with Gasteiger partial charge in [0.2, 0.25) is 5.88 Å². The summed E-state index contributed by atoms with van der Waals surface area (Å²) in [6.45, 7) is 0.250. The maximum Gasteiger partial charge on any atom is 0.219 e. The fourth-order valence-electron chi connectivity index (χ4n) is 1.49. The van der Waals surface area contributed by atoms with Crippen molar-refractivity contribution in [3.8, 4) is 5.88 Å². The van der Waals surface area contributed by atoms with E-state index in [1.165, 1.54) is 0 Å². The summed E-state index contributed by atoms with van der Waals surface area (Å²) in [7, 11) is 0. The van der Waals surface area contributed by atoms with Gasteiger partial charge < -0.3 is 9.84 Å². The summed E-state index contributed by atoms with van der Waals surface area (Å²) in [4.78, 5) is 4.12. The number of hydrogen-bond donors (Lipinski definition) is 1. The average Bonchev–Trinajstić information content (AvgIpc) is 2.37. The van der Waals surface area contributed by atoms with Gasteiger partial charge in [0.25, 0.3) is 0 Å². The molecular weight excluding hydrogens is 318 g/mol. The van der Waals surface area contributed by atoms with E-state index in [2.05, 4.69) is 20.9 Å². The van der Waals surface area contributed by atoms with Crippen LogP contribution in [0.1, 0.15) is 11.1 Å². The maximum absolute atomic E-state index is 9.22. The van der Waals surface area contributed by atoms with Crippen LogP contribution < -0.4 is 4.74 Å². The summed E-state index contributed by atoms with van der Waals surface area (Å²) in [5.74, 6) is 0.431. The van der Waals surface area contributed by atoms with Gasteiger partial charge in [0.15, 0.2) is 0 Å². The molecule has 0 amide bonds. The molecule has 0 saturated carbocycles. The molecule has 94 valence electrons. The van der Waals surface area contributed by atoms with Gasteiger partial charge in [0.05, 0.1) is 6.61 Å². The quantitative estimate of drug-likeness (QED) is 0.933. The van der Waals surface area contributed by atoms with Crippen LogP contribution >= 0.6 is 27.5 Å². The van der Waals surface area contributed by atoms with Gasteiger partial charge >= 0.3 is 0 Å². The van der Waals surface area contributed by atoms with Crippen LogP contribution in [0.2, 0.25) is 5.02 Å². The molecular formula is C13H11BrClNO2. The lowest BCUT2D eigenvalue weighted by Crippen LogP contribution is -2.01. The molecule has 3 nitrogen and oxygen atoms in total. The number of aliphatic hydroxyl groups is 1. The molecule has 0 atom stereocenters. The van der Waals surface area contributed by atoms with Crippen molar-refractivity contribution >= 4 is 27.5 Å². The van der Waals surface area contributed by atoms with Gasteiger partial charge in [0, 0.05) is 21.3 Å². The molecule has 0 aliphatic rings. The van der Waals surface area contributed by atoms with Crippen molar-refractivity contribution in [2.24, 2.45) is 0 Å². The highest BCUT2D eigenvalue weighted by Crippen LogP contribution is 2.21. The second-order valence-electron chi connectivity index (χ2n) is 3.69. The lowest BCUT2D eigenvalue weighted by atomic mass is 10.2. The zero-order valence-electron chi connectivity index (χ0n) is 9.44. The Morgan fingerprint density at radius 1 is 1.33 bits per heavy atom. The third-order valence-corrected chi connectivity index (χ3v) is 3.00. The van der Waals surface area contributed by atoms with Gasteiger partial charge in [-0.25, -0.2) is 4.98 Å². The second kappa shape index (κ2) is 6.18. The largest absolute Gasteiger partial charge is 0.473 e. The summed E-state index contributed by atoms with van der Waals surface area (Å²) in [6.07, 6.45) is 1.63. The van der Waals surface area contributed by atoms with Crippen LogP contribution in [-0.2, 0) is 13.2 Å². The van der Waals surface area contributed by atoms with Crippen LogP contribution in [0.5, 0.6) is 5.88 Å². The number of rotatable bonds is 4. The monoisotopic (exact) mass is 327 g/mol. The van der Waals surface area contributed by atoms with Crippen molar-refractivity contribution in [2.75, 3.05) is 0 Å². The first kappa shape index (κ1) is 13.3. The van der Waals surface area contributed by atoms with Crippen molar-refractivity contribution in [2.45, 2.75) is 13.2 Å². The average molecular weight is 329 g/mol. The lowest BCUT2D eigenvalue weighted by molar-refractivity contribution is 0.252. The van der Waals surface area contributed by atoms with Gasteiger partial charge in [-0.3, -0.25) is 0 Å². The Balaban J connectivity index is 2.10. The third kappa shape index (κ3) is 3.45. The molecule has 1 N–H and O–H groups in total. The van der Waals surface area contributed by atoms with Gasteiger partial charge in [-0.1, -0.05) is 23.7 Å². The third-order valence-electron chi connectivity index (χ3n) is 2.33. The Morgan fingerprint density at radius 2 is 2.17 bits per heavy atom. The molecule has 1 heterocycles.